The molecule has 0 radical (unpaired) electrons. The van der Waals surface area contributed by atoms with E-state index in [-0.39, 0.29) is 5.91 Å². The van der Waals surface area contributed by atoms with E-state index in [1.807, 2.05) is 41.3 Å². The molecule has 0 unspecified atom stereocenters. The molecule has 4 heteroatoms. The van der Waals surface area contributed by atoms with Crippen molar-refractivity contribution < 1.29 is 4.79 Å². The predicted molar refractivity (Wildman–Crippen MR) is 90.9 cm³/mol. The number of para-hydroxylation sites is 1. The normalized spacial score (nSPS) is 14.1. The van der Waals surface area contributed by atoms with Crippen LogP contribution in [0.25, 0.3) is 10.9 Å². The number of aromatic nitrogens is 1. The van der Waals surface area contributed by atoms with Crippen LogP contribution in [0.2, 0.25) is 0 Å². The van der Waals surface area contributed by atoms with E-state index in [9.17, 15) is 4.79 Å². The van der Waals surface area contributed by atoms with E-state index in [4.69, 9.17) is 0 Å². The van der Waals surface area contributed by atoms with E-state index in [0.29, 0.717) is 6.54 Å². The first kappa shape index (κ1) is 13.6. The second-order valence-electron chi connectivity index (χ2n) is 5.61. The number of nitrogens with zero attached hydrogens (tertiary/aromatic N) is 1. The third-order valence-electron chi connectivity index (χ3n) is 4.26. The summed E-state index contributed by atoms with van der Waals surface area (Å²) in [6.45, 7) is 1.43. The largest absolute Gasteiger partial charge is 0.358 e. The molecule has 0 atom stereocenters. The van der Waals surface area contributed by atoms with Crippen molar-refractivity contribution in [2.45, 2.75) is 13.0 Å². The summed E-state index contributed by atoms with van der Waals surface area (Å²) in [5, 5.41) is 1.23. The molecule has 1 N–H and O–H groups in total. The summed E-state index contributed by atoms with van der Waals surface area (Å²) < 4.78 is 0.988. The van der Waals surface area contributed by atoms with Gasteiger partial charge in [0.25, 0.3) is 5.91 Å². The summed E-state index contributed by atoms with van der Waals surface area (Å²) in [7, 11) is 0. The van der Waals surface area contributed by atoms with Gasteiger partial charge in [-0.15, -0.1) is 0 Å². The Hall–Kier alpha value is -2.07. The molecule has 0 saturated carbocycles. The summed E-state index contributed by atoms with van der Waals surface area (Å²) in [6.07, 6.45) is 0.881. The van der Waals surface area contributed by atoms with Crippen molar-refractivity contribution in [1.29, 1.82) is 0 Å². The minimum atomic E-state index is 0.100. The molecule has 1 aromatic heterocycles. The number of nitrogens with one attached hydrogen (secondary N) is 1. The summed E-state index contributed by atoms with van der Waals surface area (Å²) in [6, 6.07) is 15.9. The molecule has 110 valence electrons. The number of amides is 1. The van der Waals surface area contributed by atoms with Crippen LogP contribution in [0.1, 0.15) is 21.6 Å². The van der Waals surface area contributed by atoms with Gasteiger partial charge in [0.05, 0.1) is 0 Å². The number of aromatic amines is 1. The highest BCUT2D eigenvalue weighted by molar-refractivity contribution is 9.10. The highest BCUT2D eigenvalue weighted by atomic mass is 79.9. The van der Waals surface area contributed by atoms with Gasteiger partial charge in [-0.2, -0.15) is 0 Å². The van der Waals surface area contributed by atoms with E-state index in [1.54, 1.807) is 0 Å². The molecule has 0 bridgehead atoms. The van der Waals surface area contributed by atoms with Crippen molar-refractivity contribution in [1.82, 2.24) is 9.88 Å². The minimum Gasteiger partial charge on any atom is -0.358 e. The van der Waals surface area contributed by atoms with Gasteiger partial charge in [-0.3, -0.25) is 4.79 Å². The zero-order valence-corrected chi connectivity index (χ0v) is 13.6. The third kappa shape index (κ3) is 2.24. The second-order valence-corrected chi connectivity index (χ2v) is 6.53. The molecule has 0 fully saturated rings. The lowest BCUT2D eigenvalue weighted by atomic mass is 10.0. The molecular formula is C18H15BrN2O. The molecule has 0 saturated heterocycles. The maximum atomic E-state index is 12.7. The SMILES string of the molecule is O=C(c1ccc(Br)cc1)N1CCc2[nH]c3ccccc3c2C1. The van der Waals surface area contributed by atoms with Crippen LogP contribution < -0.4 is 0 Å². The van der Waals surface area contributed by atoms with Crippen LogP contribution in [-0.2, 0) is 13.0 Å². The first-order valence-electron chi connectivity index (χ1n) is 7.35. The lowest BCUT2D eigenvalue weighted by molar-refractivity contribution is 0.0735. The molecular weight excluding hydrogens is 340 g/mol. The fourth-order valence-corrected chi connectivity index (χ4v) is 3.38. The summed E-state index contributed by atoms with van der Waals surface area (Å²) in [4.78, 5) is 18.1. The Morgan fingerprint density at radius 1 is 1.09 bits per heavy atom. The number of carbonyl (C=O) groups excluding carboxylic acids is 1. The van der Waals surface area contributed by atoms with E-state index < -0.39 is 0 Å². The smallest absolute Gasteiger partial charge is 0.254 e. The summed E-state index contributed by atoms with van der Waals surface area (Å²) in [5.74, 6) is 0.100. The number of hydrogen-bond donors (Lipinski definition) is 1. The van der Waals surface area contributed by atoms with Crippen molar-refractivity contribution in [3.05, 3.63) is 69.8 Å². The molecule has 2 heterocycles. The molecule has 1 amide bonds. The molecule has 1 aliphatic heterocycles. The van der Waals surface area contributed by atoms with Crippen molar-refractivity contribution >= 4 is 32.7 Å². The number of halogens is 1. The Morgan fingerprint density at radius 2 is 1.86 bits per heavy atom. The van der Waals surface area contributed by atoms with Crippen LogP contribution in [0.3, 0.4) is 0 Å². The second kappa shape index (κ2) is 5.29. The number of fused-ring (bicyclic) bond motifs is 3. The molecule has 0 aliphatic carbocycles. The number of H-pyrrole nitrogens is 1. The Bertz CT molecular complexity index is 851. The average molecular weight is 355 g/mol. The molecule has 3 nitrogen and oxygen atoms in total. The Kier molecular flexibility index (Phi) is 3.26. The van der Waals surface area contributed by atoms with Crippen molar-refractivity contribution in [2.75, 3.05) is 6.54 Å². The van der Waals surface area contributed by atoms with Gasteiger partial charge in [0.2, 0.25) is 0 Å². The number of hydrogen-bond acceptors (Lipinski definition) is 1. The van der Waals surface area contributed by atoms with E-state index >= 15 is 0 Å². The standard InChI is InChI=1S/C18H15BrN2O/c19-13-7-5-12(6-8-13)18(22)21-10-9-17-15(11-21)14-3-1-2-4-16(14)20-17/h1-8,20H,9-11H2. The lowest BCUT2D eigenvalue weighted by Gasteiger charge is -2.27. The van der Waals surface area contributed by atoms with Gasteiger partial charge in [-0.25, -0.2) is 0 Å². The van der Waals surface area contributed by atoms with E-state index in [2.05, 4.69) is 33.0 Å². The summed E-state index contributed by atoms with van der Waals surface area (Å²) in [5.41, 5.74) is 4.42. The zero-order chi connectivity index (χ0) is 15.1. The van der Waals surface area contributed by atoms with Crippen LogP contribution in [0, 0.1) is 0 Å². The predicted octanol–water partition coefficient (Wildman–Crippen LogP) is 4.13. The minimum absolute atomic E-state index is 0.100. The van der Waals surface area contributed by atoms with Gasteiger partial charge < -0.3 is 9.88 Å². The van der Waals surface area contributed by atoms with Crippen molar-refractivity contribution in [3.63, 3.8) is 0 Å². The Balaban J connectivity index is 1.66. The monoisotopic (exact) mass is 354 g/mol. The first-order chi connectivity index (χ1) is 10.7. The maximum absolute atomic E-state index is 12.7. The van der Waals surface area contributed by atoms with Crippen LogP contribution in [-0.4, -0.2) is 22.3 Å². The third-order valence-corrected chi connectivity index (χ3v) is 4.79. The van der Waals surface area contributed by atoms with Crippen molar-refractivity contribution in [3.8, 4) is 0 Å². The fraction of sp³-hybridized carbons (Fsp3) is 0.167. The summed E-state index contributed by atoms with van der Waals surface area (Å²) >= 11 is 3.40. The molecule has 3 aromatic rings. The molecule has 2 aromatic carbocycles. The fourth-order valence-electron chi connectivity index (χ4n) is 3.11. The van der Waals surface area contributed by atoms with E-state index in [0.717, 1.165) is 28.5 Å². The van der Waals surface area contributed by atoms with Crippen molar-refractivity contribution in [2.24, 2.45) is 0 Å². The van der Waals surface area contributed by atoms with Gasteiger partial charge in [0.1, 0.15) is 0 Å². The van der Waals surface area contributed by atoms with Gasteiger partial charge >= 0.3 is 0 Å². The number of carbonyl (C=O) groups is 1. The molecule has 22 heavy (non-hydrogen) atoms. The quantitative estimate of drug-likeness (QED) is 0.700. The number of rotatable bonds is 1. The van der Waals surface area contributed by atoms with Crippen LogP contribution >= 0.6 is 15.9 Å². The molecule has 0 spiro atoms. The lowest BCUT2D eigenvalue weighted by Crippen LogP contribution is -2.35. The van der Waals surface area contributed by atoms with Crippen LogP contribution in [0.4, 0.5) is 0 Å². The topological polar surface area (TPSA) is 36.1 Å². The highest BCUT2D eigenvalue weighted by Crippen LogP contribution is 2.28. The first-order valence-corrected chi connectivity index (χ1v) is 8.15. The molecule has 4 rings (SSSR count). The number of benzene rings is 2. The van der Waals surface area contributed by atoms with Gasteiger partial charge in [0, 0.05) is 51.7 Å². The van der Waals surface area contributed by atoms with Gasteiger partial charge in [-0.1, -0.05) is 34.1 Å². The average Bonchev–Trinajstić information content (AvgIpc) is 2.92. The van der Waals surface area contributed by atoms with Gasteiger partial charge in [-0.05, 0) is 30.3 Å². The van der Waals surface area contributed by atoms with Gasteiger partial charge in [0.15, 0.2) is 0 Å². The molecule has 1 aliphatic rings. The Morgan fingerprint density at radius 3 is 2.68 bits per heavy atom. The van der Waals surface area contributed by atoms with E-state index in [1.165, 1.54) is 16.6 Å². The zero-order valence-electron chi connectivity index (χ0n) is 12.0. The highest BCUT2D eigenvalue weighted by Gasteiger charge is 2.24. The van der Waals surface area contributed by atoms with Crippen LogP contribution in [0.5, 0.6) is 0 Å². The Labute approximate surface area is 137 Å². The maximum Gasteiger partial charge on any atom is 0.254 e. The van der Waals surface area contributed by atoms with Crippen LogP contribution in [0.15, 0.2) is 53.0 Å².